The lowest BCUT2D eigenvalue weighted by Gasteiger charge is -2.29. The van der Waals surface area contributed by atoms with Crippen molar-refractivity contribution in [3.05, 3.63) is 0 Å². The average Bonchev–Trinajstić information content (AvgIpc) is 2.27. The van der Waals surface area contributed by atoms with Crippen molar-refractivity contribution in [2.24, 2.45) is 5.92 Å². The van der Waals surface area contributed by atoms with Gasteiger partial charge in [0.25, 0.3) is 10.2 Å². The van der Waals surface area contributed by atoms with Crippen molar-refractivity contribution in [3.63, 3.8) is 0 Å². The quantitative estimate of drug-likeness (QED) is 0.738. The first-order chi connectivity index (χ1) is 7.47. The normalized spacial score (nSPS) is 21.2. The third kappa shape index (κ3) is 3.69. The Bertz CT molecular complexity index is 297. The molecule has 1 aliphatic rings. The fourth-order valence-corrected chi connectivity index (χ4v) is 3.37. The highest BCUT2D eigenvalue weighted by Gasteiger charge is 2.27. The van der Waals surface area contributed by atoms with Crippen LogP contribution in [0.1, 0.15) is 33.1 Å². The molecule has 2 N–H and O–H groups in total. The second-order valence-electron chi connectivity index (χ2n) is 4.62. The molecule has 96 valence electrons. The first-order valence-electron chi connectivity index (χ1n) is 5.85. The molecule has 1 heterocycles. The Labute approximate surface area is 98.0 Å². The van der Waals surface area contributed by atoms with E-state index in [1.165, 1.54) is 4.31 Å². The summed E-state index contributed by atoms with van der Waals surface area (Å²) in [5, 5.41) is 9.11. The van der Waals surface area contributed by atoms with Crippen LogP contribution in [-0.4, -0.2) is 43.6 Å². The summed E-state index contributed by atoms with van der Waals surface area (Å²) >= 11 is 0. The minimum atomic E-state index is -3.42. The van der Waals surface area contributed by atoms with E-state index in [1.54, 1.807) is 0 Å². The summed E-state index contributed by atoms with van der Waals surface area (Å²) in [6.07, 6.45) is 2.94. The molecule has 1 rings (SSSR count). The van der Waals surface area contributed by atoms with Crippen LogP contribution in [0.15, 0.2) is 0 Å². The summed E-state index contributed by atoms with van der Waals surface area (Å²) < 4.78 is 28.0. The SMILES string of the molecule is CC(C)[C@@H](CO)NS(=O)(=O)N1CCCCC1. The predicted molar refractivity (Wildman–Crippen MR) is 63.2 cm³/mol. The van der Waals surface area contributed by atoms with E-state index in [9.17, 15) is 8.42 Å². The molecular formula is C10H22N2O3S. The van der Waals surface area contributed by atoms with Gasteiger partial charge >= 0.3 is 0 Å². The standard InChI is InChI=1S/C10H22N2O3S/c1-9(2)10(8-13)11-16(14,15)12-6-4-3-5-7-12/h9-11,13H,3-8H2,1-2H3/t10-/m1/s1. The van der Waals surface area contributed by atoms with E-state index in [0.29, 0.717) is 13.1 Å². The average molecular weight is 250 g/mol. The minimum Gasteiger partial charge on any atom is -0.395 e. The smallest absolute Gasteiger partial charge is 0.279 e. The molecule has 0 spiro atoms. The van der Waals surface area contributed by atoms with Gasteiger partial charge in [-0.2, -0.15) is 17.4 Å². The van der Waals surface area contributed by atoms with E-state index in [2.05, 4.69) is 4.72 Å². The van der Waals surface area contributed by atoms with Crippen molar-refractivity contribution in [2.45, 2.75) is 39.2 Å². The van der Waals surface area contributed by atoms with Crippen molar-refractivity contribution in [2.75, 3.05) is 19.7 Å². The van der Waals surface area contributed by atoms with E-state index in [1.807, 2.05) is 13.8 Å². The molecule has 0 saturated carbocycles. The highest BCUT2D eigenvalue weighted by atomic mass is 32.2. The van der Waals surface area contributed by atoms with Gasteiger partial charge in [0.15, 0.2) is 0 Å². The van der Waals surface area contributed by atoms with Gasteiger partial charge in [-0.05, 0) is 18.8 Å². The zero-order chi connectivity index (χ0) is 12.2. The lowest BCUT2D eigenvalue weighted by Crippen LogP contribution is -2.49. The van der Waals surface area contributed by atoms with E-state index >= 15 is 0 Å². The number of piperidine rings is 1. The maximum absolute atomic E-state index is 12.0. The number of nitrogens with zero attached hydrogens (tertiary/aromatic N) is 1. The number of aliphatic hydroxyl groups is 1. The summed E-state index contributed by atoms with van der Waals surface area (Å²) in [6.45, 7) is 4.79. The Morgan fingerprint density at radius 2 is 1.81 bits per heavy atom. The van der Waals surface area contributed by atoms with Crippen LogP contribution in [0.3, 0.4) is 0 Å². The molecule has 0 radical (unpaired) electrons. The number of hydrogen-bond donors (Lipinski definition) is 2. The molecule has 1 saturated heterocycles. The van der Waals surface area contributed by atoms with Crippen molar-refractivity contribution in [1.82, 2.24) is 9.03 Å². The summed E-state index contributed by atoms with van der Waals surface area (Å²) in [4.78, 5) is 0. The fraction of sp³-hybridized carbons (Fsp3) is 1.00. The molecule has 0 aromatic carbocycles. The van der Waals surface area contributed by atoms with Crippen LogP contribution < -0.4 is 4.72 Å². The van der Waals surface area contributed by atoms with Crippen LogP contribution in [0.25, 0.3) is 0 Å². The number of rotatable bonds is 5. The van der Waals surface area contributed by atoms with Gasteiger partial charge in [-0.1, -0.05) is 20.3 Å². The van der Waals surface area contributed by atoms with Crippen LogP contribution >= 0.6 is 0 Å². The van der Waals surface area contributed by atoms with Gasteiger partial charge in [0.05, 0.1) is 6.61 Å². The van der Waals surface area contributed by atoms with Crippen LogP contribution in [0.2, 0.25) is 0 Å². The fourth-order valence-electron chi connectivity index (χ4n) is 1.76. The van der Waals surface area contributed by atoms with Gasteiger partial charge in [0.1, 0.15) is 0 Å². The van der Waals surface area contributed by atoms with E-state index in [4.69, 9.17) is 5.11 Å². The molecule has 0 aromatic heterocycles. The summed E-state index contributed by atoms with van der Waals surface area (Å²) in [7, 11) is -3.42. The lowest BCUT2D eigenvalue weighted by molar-refractivity contribution is 0.223. The molecule has 0 unspecified atom stereocenters. The highest BCUT2D eigenvalue weighted by molar-refractivity contribution is 7.87. The molecule has 1 atom stereocenters. The zero-order valence-electron chi connectivity index (χ0n) is 10.0. The third-order valence-corrected chi connectivity index (χ3v) is 4.60. The molecule has 1 fully saturated rings. The van der Waals surface area contributed by atoms with Crippen molar-refractivity contribution >= 4 is 10.2 Å². The van der Waals surface area contributed by atoms with Gasteiger partial charge in [-0.3, -0.25) is 0 Å². The molecule has 5 nitrogen and oxygen atoms in total. The van der Waals surface area contributed by atoms with Crippen molar-refractivity contribution < 1.29 is 13.5 Å². The van der Waals surface area contributed by atoms with Crippen LogP contribution in [0.4, 0.5) is 0 Å². The maximum Gasteiger partial charge on any atom is 0.279 e. The Hall–Kier alpha value is -0.170. The first-order valence-corrected chi connectivity index (χ1v) is 7.29. The molecule has 0 bridgehead atoms. The molecule has 0 amide bonds. The molecule has 16 heavy (non-hydrogen) atoms. The van der Waals surface area contributed by atoms with E-state index in [-0.39, 0.29) is 12.5 Å². The summed E-state index contributed by atoms with van der Waals surface area (Å²) in [5.74, 6) is 0.0876. The highest BCUT2D eigenvalue weighted by Crippen LogP contribution is 2.13. The van der Waals surface area contributed by atoms with Gasteiger partial charge in [0, 0.05) is 19.1 Å². The number of hydrogen-bond acceptors (Lipinski definition) is 3. The minimum absolute atomic E-state index is 0.0876. The van der Waals surface area contributed by atoms with Crippen LogP contribution in [0.5, 0.6) is 0 Å². The van der Waals surface area contributed by atoms with Crippen LogP contribution in [0, 0.1) is 5.92 Å². The predicted octanol–water partition coefficient (Wildman–Crippen LogP) is 0.324. The van der Waals surface area contributed by atoms with Gasteiger partial charge < -0.3 is 5.11 Å². The second kappa shape index (κ2) is 5.95. The Morgan fingerprint density at radius 1 is 1.25 bits per heavy atom. The lowest BCUT2D eigenvalue weighted by atomic mass is 10.1. The van der Waals surface area contributed by atoms with Gasteiger partial charge in [-0.15, -0.1) is 0 Å². The van der Waals surface area contributed by atoms with E-state index < -0.39 is 16.3 Å². The summed E-state index contributed by atoms with van der Waals surface area (Å²) in [5.41, 5.74) is 0. The third-order valence-electron chi connectivity index (χ3n) is 2.96. The van der Waals surface area contributed by atoms with E-state index in [0.717, 1.165) is 19.3 Å². The zero-order valence-corrected chi connectivity index (χ0v) is 10.8. The summed E-state index contributed by atoms with van der Waals surface area (Å²) in [6, 6.07) is -0.396. The number of nitrogens with one attached hydrogen (secondary N) is 1. The van der Waals surface area contributed by atoms with Gasteiger partial charge in [-0.25, -0.2) is 0 Å². The molecule has 1 aliphatic heterocycles. The Morgan fingerprint density at radius 3 is 2.25 bits per heavy atom. The Kier molecular flexibility index (Phi) is 5.17. The first kappa shape index (κ1) is 13.9. The molecule has 6 heteroatoms. The second-order valence-corrected chi connectivity index (χ2v) is 6.32. The van der Waals surface area contributed by atoms with Crippen molar-refractivity contribution in [3.8, 4) is 0 Å². The molecule has 0 aromatic rings. The molecule has 0 aliphatic carbocycles. The number of aliphatic hydroxyl groups excluding tert-OH is 1. The molecular weight excluding hydrogens is 228 g/mol. The topological polar surface area (TPSA) is 69.6 Å². The largest absolute Gasteiger partial charge is 0.395 e. The van der Waals surface area contributed by atoms with Crippen molar-refractivity contribution in [1.29, 1.82) is 0 Å². The Balaban J connectivity index is 2.62. The maximum atomic E-state index is 12.0. The monoisotopic (exact) mass is 250 g/mol. The van der Waals surface area contributed by atoms with Gasteiger partial charge in [0.2, 0.25) is 0 Å². The van der Waals surface area contributed by atoms with Crippen LogP contribution in [-0.2, 0) is 10.2 Å².